The monoisotopic (exact) mass is 352 g/mol. The Bertz CT molecular complexity index is 630. The van der Waals surface area contributed by atoms with E-state index in [4.69, 9.17) is 16.3 Å². The van der Waals surface area contributed by atoms with Crippen LogP contribution in [0.15, 0.2) is 0 Å². The molecule has 0 radical (unpaired) electrons. The number of hydrogen-bond acceptors (Lipinski definition) is 5. The van der Waals surface area contributed by atoms with Crippen molar-refractivity contribution in [3.63, 3.8) is 0 Å². The van der Waals surface area contributed by atoms with Crippen LogP contribution in [0, 0.1) is 0 Å². The zero-order valence-corrected chi connectivity index (χ0v) is 15.3. The molecule has 1 fully saturated rings. The first-order chi connectivity index (χ1) is 11.3. The maximum atomic E-state index is 12.0. The minimum Gasteiger partial charge on any atom is -0.444 e. The van der Waals surface area contributed by atoms with Crippen LogP contribution in [-0.2, 0) is 17.6 Å². The van der Waals surface area contributed by atoms with E-state index in [0.29, 0.717) is 5.28 Å². The molecule has 0 saturated carbocycles. The van der Waals surface area contributed by atoms with Gasteiger partial charge in [-0.3, -0.25) is 0 Å². The van der Waals surface area contributed by atoms with Gasteiger partial charge < -0.3 is 15.0 Å². The summed E-state index contributed by atoms with van der Waals surface area (Å²) in [6, 6.07) is 0.0550. The van der Waals surface area contributed by atoms with Crippen LogP contribution in [0.4, 0.5) is 10.6 Å². The number of aromatic nitrogens is 2. The molecule has 1 aliphatic heterocycles. The third-order valence-corrected chi connectivity index (χ3v) is 4.49. The Balaban J connectivity index is 1.69. The number of nitrogens with one attached hydrogen (secondary N) is 1. The number of amides is 1. The number of aryl methyl sites for hydroxylation is 1. The summed E-state index contributed by atoms with van der Waals surface area (Å²) in [6.45, 7) is 7.25. The SMILES string of the molecule is CC(C)(C)OC(=O)N[C@H]1CCCN(c2nc(Cl)nc3c2CCC3)C1. The number of anilines is 1. The lowest BCUT2D eigenvalue weighted by atomic mass is 10.0. The highest BCUT2D eigenvalue weighted by Gasteiger charge is 2.28. The van der Waals surface area contributed by atoms with Gasteiger partial charge in [0.15, 0.2) is 0 Å². The van der Waals surface area contributed by atoms with Crippen molar-refractivity contribution < 1.29 is 9.53 Å². The molecule has 1 saturated heterocycles. The Morgan fingerprint density at radius 1 is 1.29 bits per heavy atom. The Kier molecular flexibility index (Phi) is 4.85. The van der Waals surface area contributed by atoms with Gasteiger partial charge in [0.05, 0.1) is 5.69 Å². The highest BCUT2D eigenvalue weighted by molar-refractivity contribution is 6.28. The molecule has 1 aromatic heterocycles. The summed E-state index contributed by atoms with van der Waals surface area (Å²) in [5.41, 5.74) is 1.81. The fraction of sp³-hybridized carbons (Fsp3) is 0.706. The number of ether oxygens (including phenoxy) is 1. The zero-order chi connectivity index (χ0) is 17.3. The maximum absolute atomic E-state index is 12.0. The number of piperidine rings is 1. The first-order valence-corrected chi connectivity index (χ1v) is 8.99. The second-order valence-electron chi connectivity index (χ2n) is 7.53. The van der Waals surface area contributed by atoms with Gasteiger partial charge in [-0.1, -0.05) is 0 Å². The largest absolute Gasteiger partial charge is 0.444 e. The van der Waals surface area contributed by atoms with Crippen LogP contribution in [0.1, 0.15) is 51.3 Å². The van der Waals surface area contributed by atoms with E-state index in [9.17, 15) is 4.79 Å². The molecular formula is C17H25ClN4O2. The first kappa shape index (κ1) is 17.3. The summed E-state index contributed by atoms with van der Waals surface area (Å²) >= 11 is 6.10. The Morgan fingerprint density at radius 2 is 2.08 bits per heavy atom. The van der Waals surface area contributed by atoms with Crippen molar-refractivity contribution in [2.75, 3.05) is 18.0 Å². The Labute approximate surface area is 147 Å². The van der Waals surface area contributed by atoms with Crippen LogP contribution in [0.2, 0.25) is 5.28 Å². The van der Waals surface area contributed by atoms with Crippen molar-refractivity contribution >= 4 is 23.5 Å². The number of hydrogen-bond donors (Lipinski definition) is 1. The molecule has 1 aromatic rings. The average Bonchev–Trinajstić information content (AvgIpc) is 2.92. The van der Waals surface area contributed by atoms with E-state index in [1.807, 2.05) is 20.8 Å². The third-order valence-electron chi connectivity index (χ3n) is 4.33. The minimum atomic E-state index is -0.487. The van der Waals surface area contributed by atoms with Gasteiger partial charge >= 0.3 is 6.09 Å². The van der Waals surface area contributed by atoms with Crippen LogP contribution >= 0.6 is 11.6 Å². The molecule has 2 heterocycles. The second-order valence-corrected chi connectivity index (χ2v) is 7.86. The molecule has 1 N–H and O–H groups in total. The van der Waals surface area contributed by atoms with E-state index < -0.39 is 5.60 Å². The fourth-order valence-corrected chi connectivity index (χ4v) is 3.59. The van der Waals surface area contributed by atoms with Gasteiger partial charge in [0.1, 0.15) is 11.4 Å². The van der Waals surface area contributed by atoms with E-state index in [2.05, 4.69) is 20.2 Å². The lowest BCUT2D eigenvalue weighted by Gasteiger charge is -2.35. The van der Waals surface area contributed by atoms with Crippen LogP contribution in [0.25, 0.3) is 0 Å². The van der Waals surface area contributed by atoms with Gasteiger partial charge in [0.25, 0.3) is 0 Å². The molecule has 0 bridgehead atoms. The zero-order valence-electron chi connectivity index (χ0n) is 14.6. The molecule has 6 nitrogen and oxygen atoms in total. The van der Waals surface area contributed by atoms with E-state index in [1.54, 1.807) is 0 Å². The molecule has 0 unspecified atom stereocenters. The van der Waals surface area contributed by atoms with E-state index in [-0.39, 0.29) is 12.1 Å². The third kappa shape index (κ3) is 4.09. The van der Waals surface area contributed by atoms with Crippen molar-refractivity contribution in [3.05, 3.63) is 16.5 Å². The Morgan fingerprint density at radius 3 is 2.83 bits per heavy atom. The molecule has 2 aliphatic rings. The van der Waals surface area contributed by atoms with Crippen molar-refractivity contribution in [1.82, 2.24) is 15.3 Å². The number of alkyl carbamates (subject to hydrolysis) is 1. The molecule has 7 heteroatoms. The standard InChI is InChI=1S/C17H25ClN4O2/c1-17(2,3)24-16(23)19-11-6-5-9-22(10-11)14-12-7-4-8-13(12)20-15(18)21-14/h11H,4-10H2,1-3H3,(H,19,23)/t11-/m0/s1. The number of halogens is 1. The van der Waals surface area contributed by atoms with Crippen molar-refractivity contribution in [2.45, 2.75) is 64.5 Å². The fourth-order valence-electron chi connectivity index (χ4n) is 3.41. The number of rotatable bonds is 2. The highest BCUT2D eigenvalue weighted by atomic mass is 35.5. The predicted molar refractivity (Wildman–Crippen MR) is 93.7 cm³/mol. The quantitative estimate of drug-likeness (QED) is 0.828. The van der Waals surface area contributed by atoms with Gasteiger partial charge in [-0.05, 0) is 64.5 Å². The van der Waals surface area contributed by atoms with E-state index >= 15 is 0 Å². The van der Waals surface area contributed by atoms with Gasteiger partial charge in [-0.25, -0.2) is 14.8 Å². The topological polar surface area (TPSA) is 67.3 Å². The summed E-state index contributed by atoms with van der Waals surface area (Å²) in [5, 5.41) is 3.29. The van der Waals surface area contributed by atoms with Gasteiger partial charge in [0, 0.05) is 24.7 Å². The lowest BCUT2D eigenvalue weighted by Crippen LogP contribution is -2.49. The van der Waals surface area contributed by atoms with Crippen LogP contribution in [0.5, 0.6) is 0 Å². The van der Waals surface area contributed by atoms with Crippen molar-refractivity contribution in [3.8, 4) is 0 Å². The molecular weight excluding hydrogens is 328 g/mol. The van der Waals surface area contributed by atoms with Crippen LogP contribution in [-0.4, -0.2) is 40.8 Å². The summed E-state index contributed by atoms with van der Waals surface area (Å²) in [7, 11) is 0. The molecule has 24 heavy (non-hydrogen) atoms. The first-order valence-electron chi connectivity index (χ1n) is 8.61. The maximum Gasteiger partial charge on any atom is 0.407 e. The highest BCUT2D eigenvalue weighted by Crippen LogP contribution is 2.31. The van der Waals surface area contributed by atoms with E-state index in [0.717, 1.165) is 56.7 Å². The second kappa shape index (κ2) is 6.75. The number of nitrogens with zero attached hydrogens (tertiary/aromatic N) is 3. The lowest BCUT2D eigenvalue weighted by molar-refractivity contribution is 0.0500. The van der Waals surface area contributed by atoms with Crippen molar-refractivity contribution in [2.24, 2.45) is 0 Å². The number of fused-ring (bicyclic) bond motifs is 1. The smallest absolute Gasteiger partial charge is 0.407 e. The van der Waals surface area contributed by atoms with Crippen LogP contribution < -0.4 is 10.2 Å². The minimum absolute atomic E-state index is 0.0550. The molecule has 1 atom stereocenters. The predicted octanol–water partition coefficient (Wildman–Crippen LogP) is 3.11. The molecule has 1 amide bonds. The number of carbonyl (C=O) groups excluding carboxylic acids is 1. The van der Waals surface area contributed by atoms with Gasteiger partial charge in [-0.2, -0.15) is 0 Å². The van der Waals surface area contributed by atoms with E-state index in [1.165, 1.54) is 5.56 Å². The number of carbonyl (C=O) groups is 1. The molecule has 0 spiro atoms. The normalized spacial score (nSPS) is 20.7. The summed E-state index contributed by atoms with van der Waals surface area (Å²) < 4.78 is 5.36. The molecule has 0 aromatic carbocycles. The molecule has 132 valence electrons. The molecule has 3 rings (SSSR count). The van der Waals surface area contributed by atoms with Crippen LogP contribution in [0.3, 0.4) is 0 Å². The summed E-state index contributed by atoms with van der Waals surface area (Å²) in [4.78, 5) is 23.1. The van der Waals surface area contributed by atoms with Gasteiger partial charge in [0.2, 0.25) is 5.28 Å². The summed E-state index contributed by atoms with van der Waals surface area (Å²) in [5.74, 6) is 0.943. The molecule has 1 aliphatic carbocycles. The Hall–Kier alpha value is -1.56. The van der Waals surface area contributed by atoms with Gasteiger partial charge in [-0.15, -0.1) is 0 Å². The average molecular weight is 353 g/mol. The van der Waals surface area contributed by atoms with Crippen molar-refractivity contribution in [1.29, 1.82) is 0 Å². The summed E-state index contributed by atoms with van der Waals surface area (Å²) in [6.07, 6.45) is 4.65.